The average Bonchev–Trinajstić information content (AvgIpc) is 3.25. The number of piperidine rings is 2. The monoisotopic (exact) mass is 514 g/mol. The topological polar surface area (TPSA) is 73.0 Å². The summed E-state index contributed by atoms with van der Waals surface area (Å²) in [4.78, 5) is 45.6. The predicted octanol–water partition coefficient (Wildman–Crippen LogP) is 4.74. The van der Waals surface area contributed by atoms with E-state index in [1.165, 1.54) is 45.2 Å². The molecular formula is C31H38N4O3. The summed E-state index contributed by atoms with van der Waals surface area (Å²) >= 11 is 0. The number of fused-ring (bicyclic) bond motifs is 6. The summed E-state index contributed by atoms with van der Waals surface area (Å²) in [5.41, 5.74) is 2.81. The molecule has 3 atom stereocenters. The predicted molar refractivity (Wildman–Crippen MR) is 147 cm³/mol. The minimum absolute atomic E-state index is 0.0339. The Morgan fingerprint density at radius 1 is 0.842 bits per heavy atom. The van der Waals surface area contributed by atoms with Gasteiger partial charge in [-0.25, -0.2) is 0 Å². The van der Waals surface area contributed by atoms with Crippen molar-refractivity contribution >= 4 is 23.4 Å². The van der Waals surface area contributed by atoms with Crippen LogP contribution in [0.3, 0.4) is 0 Å². The van der Waals surface area contributed by atoms with Gasteiger partial charge in [-0.3, -0.25) is 19.3 Å². The van der Waals surface area contributed by atoms with Crippen LogP contribution in [0.2, 0.25) is 0 Å². The van der Waals surface area contributed by atoms with E-state index >= 15 is 0 Å². The van der Waals surface area contributed by atoms with Crippen LogP contribution in [0.1, 0.15) is 90.2 Å². The van der Waals surface area contributed by atoms with Crippen LogP contribution < -0.4 is 10.2 Å². The van der Waals surface area contributed by atoms with E-state index in [0.717, 1.165) is 31.4 Å². The van der Waals surface area contributed by atoms with Gasteiger partial charge in [0, 0.05) is 36.7 Å². The number of hydrogen-bond acceptors (Lipinski definition) is 4. The minimum Gasteiger partial charge on any atom is -0.356 e. The molecule has 200 valence electrons. The zero-order valence-electron chi connectivity index (χ0n) is 22.1. The van der Waals surface area contributed by atoms with E-state index in [4.69, 9.17) is 0 Å². The van der Waals surface area contributed by atoms with Gasteiger partial charge < -0.3 is 15.1 Å². The lowest BCUT2D eigenvalue weighted by Crippen LogP contribution is -2.50. The van der Waals surface area contributed by atoms with Crippen molar-refractivity contribution in [1.82, 2.24) is 15.1 Å². The molecule has 0 spiro atoms. The standard InChI is InChI=1S/C31H38N4O3/c36-28(32-21-22-11-10-19-33-18-9-7-15-26(22)33)17-2-1-8-20-34-29-23-12-3-4-13-24(23)31(38)35(29)27-16-6-5-14-25(27)30(34)37/h3-6,12-14,16,22,26,29H,1-2,7-11,15,17-21H2,(H,32,36)/t22-,26+,29+/m0/s1. The Morgan fingerprint density at radius 2 is 1.63 bits per heavy atom. The van der Waals surface area contributed by atoms with Crippen molar-refractivity contribution in [2.75, 3.05) is 31.1 Å². The highest BCUT2D eigenvalue weighted by Crippen LogP contribution is 2.45. The molecule has 2 aromatic carbocycles. The highest BCUT2D eigenvalue weighted by molar-refractivity contribution is 6.16. The number of nitrogens with one attached hydrogen (secondary N) is 1. The van der Waals surface area contributed by atoms with Crippen molar-refractivity contribution in [3.05, 3.63) is 65.2 Å². The third-order valence-corrected chi connectivity index (χ3v) is 8.98. The molecule has 2 aromatic rings. The number of rotatable bonds is 8. The van der Waals surface area contributed by atoms with Gasteiger partial charge in [0.05, 0.1) is 11.3 Å². The third-order valence-electron chi connectivity index (χ3n) is 8.98. The molecule has 4 aliphatic rings. The fourth-order valence-electron chi connectivity index (χ4n) is 7.09. The molecular weight excluding hydrogens is 476 g/mol. The van der Waals surface area contributed by atoms with Crippen molar-refractivity contribution < 1.29 is 14.4 Å². The lowest BCUT2D eigenvalue weighted by atomic mass is 9.83. The molecule has 7 nitrogen and oxygen atoms in total. The first-order chi connectivity index (χ1) is 18.6. The normalized spacial score (nSPS) is 24.5. The number of nitrogens with zero attached hydrogens (tertiary/aromatic N) is 3. The summed E-state index contributed by atoms with van der Waals surface area (Å²) in [6.45, 7) is 3.79. The first-order valence-electron chi connectivity index (χ1n) is 14.5. The molecule has 1 N–H and O–H groups in total. The Bertz CT molecular complexity index is 1210. The summed E-state index contributed by atoms with van der Waals surface area (Å²) in [6, 6.07) is 15.6. The van der Waals surface area contributed by atoms with Gasteiger partial charge in [-0.2, -0.15) is 0 Å². The Labute approximate surface area is 225 Å². The smallest absolute Gasteiger partial charge is 0.260 e. The molecule has 0 bridgehead atoms. The van der Waals surface area contributed by atoms with E-state index in [2.05, 4.69) is 10.2 Å². The molecule has 2 fully saturated rings. The number of benzene rings is 2. The summed E-state index contributed by atoms with van der Waals surface area (Å²) in [7, 11) is 0. The van der Waals surface area contributed by atoms with E-state index in [1.54, 1.807) is 11.0 Å². The van der Waals surface area contributed by atoms with Gasteiger partial charge >= 0.3 is 0 Å². The summed E-state index contributed by atoms with van der Waals surface area (Å²) < 4.78 is 0. The Hall–Kier alpha value is -3.19. The van der Waals surface area contributed by atoms with Crippen LogP contribution in [-0.2, 0) is 4.79 Å². The van der Waals surface area contributed by atoms with Gasteiger partial charge in [-0.05, 0) is 75.7 Å². The van der Waals surface area contributed by atoms with Crippen molar-refractivity contribution in [3.63, 3.8) is 0 Å². The second-order valence-electron chi connectivity index (χ2n) is 11.3. The number of carbonyl (C=O) groups excluding carboxylic acids is 3. The SMILES string of the molecule is O=C(CCCCCN1C(=O)c2ccccc2N2C(=O)c3ccccc3[C@H]12)NC[C@@H]1CCCN2CCCC[C@H]12. The molecule has 6 rings (SSSR count). The van der Waals surface area contributed by atoms with Gasteiger partial charge in [-0.15, -0.1) is 0 Å². The molecule has 7 heteroatoms. The third kappa shape index (κ3) is 4.62. The van der Waals surface area contributed by atoms with E-state index in [9.17, 15) is 14.4 Å². The lowest BCUT2D eigenvalue weighted by molar-refractivity contribution is -0.121. The van der Waals surface area contributed by atoms with Gasteiger partial charge in [0.2, 0.25) is 5.91 Å². The highest BCUT2D eigenvalue weighted by atomic mass is 16.2. The van der Waals surface area contributed by atoms with Crippen molar-refractivity contribution in [2.24, 2.45) is 5.92 Å². The summed E-state index contributed by atoms with van der Waals surface area (Å²) in [5.74, 6) is 0.637. The molecule has 0 radical (unpaired) electrons. The molecule has 0 aromatic heterocycles. The van der Waals surface area contributed by atoms with Crippen molar-refractivity contribution in [1.29, 1.82) is 0 Å². The fraction of sp³-hybridized carbons (Fsp3) is 0.516. The van der Waals surface area contributed by atoms with Gasteiger partial charge in [0.25, 0.3) is 11.8 Å². The average molecular weight is 515 g/mol. The molecule has 4 heterocycles. The maximum absolute atomic E-state index is 13.5. The van der Waals surface area contributed by atoms with E-state index in [1.807, 2.05) is 47.4 Å². The highest BCUT2D eigenvalue weighted by Gasteiger charge is 2.47. The maximum atomic E-state index is 13.5. The fourth-order valence-corrected chi connectivity index (χ4v) is 7.09. The number of amides is 3. The molecule has 38 heavy (non-hydrogen) atoms. The largest absolute Gasteiger partial charge is 0.356 e. The Kier molecular flexibility index (Phi) is 7.20. The quantitative estimate of drug-likeness (QED) is 0.517. The second kappa shape index (κ2) is 10.9. The Morgan fingerprint density at radius 3 is 2.53 bits per heavy atom. The van der Waals surface area contributed by atoms with Gasteiger partial charge in [0.15, 0.2) is 0 Å². The van der Waals surface area contributed by atoms with Crippen LogP contribution in [0.4, 0.5) is 5.69 Å². The van der Waals surface area contributed by atoms with Crippen LogP contribution in [-0.4, -0.2) is 59.7 Å². The van der Waals surface area contributed by atoms with Crippen LogP contribution in [0.25, 0.3) is 0 Å². The van der Waals surface area contributed by atoms with E-state index in [0.29, 0.717) is 41.7 Å². The zero-order chi connectivity index (χ0) is 26.1. The van der Waals surface area contributed by atoms with Gasteiger partial charge in [-0.1, -0.05) is 43.2 Å². The van der Waals surface area contributed by atoms with Crippen LogP contribution >= 0.6 is 0 Å². The molecule has 0 aliphatic carbocycles. The second-order valence-corrected chi connectivity index (χ2v) is 11.3. The van der Waals surface area contributed by atoms with Crippen molar-refractivity contribution in [3.8, 4) is 0 Å². The van der Waals surface area contributed by atoms with Crippen LogP contribution in [0.15, 0.2) is 48.5 Å². The first-order valence-corrected chi connectivity index (χ1v) is 14.5. The Balaban J connectivity index is 1.02. The minimum atomic E-state index is -0.403. The van der Waals surface area contributed by atoms with Crippen LogP contribution in [0, 0.1) is 5.92 Å². The van der Waals surface area contributed by atoms with Gasteiger partial charge in [0.1, 0.15) is 6.17 Å². The van der Waals surface area contributed by atoms with E-state index < -0.39 is 6.17 Å². The lowest BCUT2D eigenvalue weighted by Gasteiger charge is -2.44. The summed E-state index contributed by atoms with van der Waals surface area (Å²) in [5, 5.41) is 3.22. The van der Waals surface area contributed by atoms with Crippen LogP contribution in [0.5, 0.6) is 0 Å². The number of hydrogen-bond donors (Lipinski definition) is 1. The number of para-hydroxylation sites is 1. The zero-order valence-corrected chi connectivity index (χ0v) is 22.1. The summed E-state index contributed by atoms with van der Waals surface area (Å²) in [6.07, 6.45) is 8.94. The molecule has 2 saturated heterocycles. The molecule has 0 saturated carbocycles. The molecule has 3 amide bonds. The number of unbranched alkanes of at least 4 members (excludes halogenated alkanes) is 2. The van der Waals surface area contributed by atoms with E-state index in [-0.39, 0.29) is 17.7 Å². The number of anilines is 1. The number of carbonyl (C=O) groups is 3. The maximum Gasteiger partial charge on any atom is 0.260 e. The molecule has 4 aliphatic heterocycles. The van der Waals surface area contributed by atoms with Crippen molar-refractivity contribution in [2.45, 2.75) is 70.0 Å². The first kappa shape index (κ1) is 25.1. The molecule has 0 unspecified atom stereocenters.